The Hall–Kier alpha value is -2.37. The number of amides is 2. The Kier molecular flexibility index (Phi) is 3.10. The van der Waals surface area contributed by atoms with Gasteiger partial charge in [0, 0.05) is 17.5 Å². The summed E-state index contributed by atoms with van der Waals surface area (Å²) in [5.41, 5.74) is 2.15. The summed E-state index contributed by atoms with van der Waals surface area (Å²) in [6.45, 7) is -0.000486. The molecule has 6 nitrogen and oxygen atoms in total. The molecule has 2 amide bonds. The summed E-state index contributed by atoms with van der Waals surface area (Å²) in [6, 6.07) is 5.39. The number of hydrogen-bond donors (Lipinski definition) is 2. The summed E-state index contributed by atoms with van der Waals surface area (Å²) in [5.74, 6) is 1.09. The van der Waals surface area contributed by atoms with Crippen LogP contribution in [0.3, 0.4) is 0 Å². The Labute approximate surface area is 127 Å². The number of benzene rings is 1. The van der Waals surface area contributed by atoms with Crippen LogP contribution in [0.15, 0.2) is 22.6 Å². The maximum atomic E-state index is 11.8. The van der Waals surface area contributed by atoms with Gasteiger partial charge in [-0.2, -0.15) is 0 Å². The molecule has 2 aliphatic carbocycles. The largest absolute Gasteiger partial charge is 0.440 e. The summed E-state index contributed by atoms with van der Waals surface area (Å²) >= 11 is 0. The number of aromatic nitrogens is 1. The van der Waals surface area contributed by atoms with E-state index in [-0.39, 0.29) is 24.3 Å². The van der Waals surface area contributed by atoms with E-state index in [2.05, 4.69) is 15.6 Å². The van der Waals surface area contributed by atoms with Gasteiger partial charge in [0.2, 0.25) is 11.8 Å². The lowest BCUT2D eigenvalue weighted by molar-refractivity contribution is -0.125. The average Bonchev–Trinajstić information content (AvgIpc) is 3.40. The molecule has 1 aromatic heterocycles. The highest BCUT2D eigenvalue weighted by molar-refractivity contribution is 5.96. The highest BCUT2D eigenvalue weighted by Crippen LogP contribution is 2.40. The molecule has 2 aromatic rings. The number of anilines is 1. The van der Waals surface area contributed by atoms with E-state index in [1.54, 1.807) is 12.1 Å². The van der Waals surface area contributed by atoms with Crippen LogP contribution in [-0.4, -0.2) is 23.3 Å². The molecule has 22 heavy (non-hydrogen) atoms. The molecular weight excluding hydrogens is 282 g/mol. The molecule has 1 aromatic carbocycles. The van der Waals surface area contributed by atoms with Crippen LogP contribution >= 0.6 is 0 Å². The highest BCUT2D eigenvalue weighted by atomic mass is 16.3. The molecule has 0 spiro atoms. The van der Waals surface area contributed by atoms with Crippen LogP contribution in [0.25, 0.3) is 11.1 Å². The Bertz CT molecular complexity index is 744. The van der Waals surface area contributed by atoms with Crippen molar-refractivity contribution in [2.45, 2.75) is 31.6 Å². The molecule has 0 bridgehead atoms. The van der Waals surface area contributed by atoms with Crippen LogP contribution in [-0.2, 0) is 9.59 Å². The highest BCUT2D eigenvalue weighted by Gasteiger charge is 2.30. The minimum atomic E-state index is -0.237. The van der Waals surface area contributed by atoms with E-state index in [4.69, 9.17) is 4.42 Å². The monoisotopic (exact) mass is 299 g/mol. The summed E-state index contributed by atoms with van der Waals surface area (Å²) in [6.07, 6.45) is 4.13. The smallest absolute Gasteiger partial charge is 0.243 e. The number of carbonyl (C=O) groups is 2. The molecule has 0 aliphatic heterocycles. The molecule has 2 N–H and O–H groups in total. The molecule has 2 fully saturated rings. The van der Waals surface area contributed by atoms with Gasteiger partial charge in [-0.15, -0.1) is 0 Å². The Balaban J connectivity index is 1.39. The molecule has 114 valence electrons. The van der Waals surface area contributed by atoms with Crippen molar-refractivity contribution in [1.29, 1.82) is 0 Å². The van der Waals surface area contributed by atoms with Crippen molar-refractivity contribution < 1.29 is 14.0 Å². The minimum Gasteiger partial charge on any atom is -0.440 e. The van der Waals surface area contributed by atoms with Crippen LogP contribution in [0.1, 0.15) is 37.5 Å². The number of oxazole rings is 1. The standard InChI is InChI=1S/C16H17N3O3/c20-14(8-17-15(21)9-1-2-9)18-11-5-6-13-12(7-11)19-16(22-13)10-3-4-10/h5-7,9-10H,1-4,8H2,(H,17,21)(H,18,20). The second-order valence-electron chi connectivity index (χ2n) is 6.05. The van der Waals surface area contributed by atoms with Gasteiger partial charge in [-0.25, -0.2) is 4.98 Å². The molecule has 0 radical (unpaired) electrons. The summed E-state index contributed by atoms with van der Waals surface area (Å²) in [5, 5.41) is 5.41. The number of fused-ring (bicyclic) bond motifs is 1. The summed E-state index contributed by atoms with van der Waals surface area (Å²) < 4.78 is 5.68. The van der Waals surface area contributed by atoms with Crippen LogP contribution < -0.4 is 10.6 Å². The van der Waals surface area contributed by atoms with Crippen LogP contribution in [0, 0.1) is 5.92 Å². The predicted octanol–water partition coefficient (Wildman–Crippen LogP) is 2.17. The van der Waals surface area contributed by atoms with Gasteiger partial charge >= 0.3 is 0 Å². The van der Waals surface area contributed by atoms with E-state index >= 15 is 0 Å². The molecule has 0 unspecified atom stereocenters. The lowest BCUT2D eigenvalue weighted by Gasteiger charge is -2.06. The Morgan fingerprint density at radius 2 is 2.05 bits per heavy atom. The first kappa shape index (κ1) is 13.3. The third kappa shape index (κ3) is 2.81. The predicted molar refractivity (Wildman–Crippen MR) is 80.3 cm³/mol. The third-order valence-corrected chi connectivity index (χ3v) is 3.99. The zero-order valence-corrected chi connectivity index (χ0v) is 12.1. The zero-order chi connectivity index (χ0) is 15.1. The van der Waals surface area contributed by atoms with Gasteiger partial charge in [0.05, 0.1) is 6.54 Å². The van der Waals surface area contributed by atoms with Crippen molar-refractivity contribution >= 4 is 28.6 Å². The van der Waals surface area contributed by atoms with Gasteiger partial charge in [0.25, 0.3) is 0 Å². The van der Waals surface area contributed by atoms with E-state index in [0.29, 0.717) is 11.6 Å². The van der Waals surface area contributed by atoms with Gasteiger partial charge < -0.3 is 15.1 Å². The van der Waals surface area contributed by atoms with Crippen LogP contribution in [0.2, 0.25) is 0 Å². The van der Waals surface area contributed by atoms with E-state index in [1.807, 2.05) is 6.07 Å². The number of nitrogens with one attached hydrogen (secondary N) is 2. The summed E-state index contributed by atoms with van der Waals surface area (Å²) in [4.78, 5) is 27.8. The van der Waals surface area contributed by atoms with E-state index in [0.717, 1.165) is 42.7 Å². The van der Waals surface area contributed by atoms with E-state index < -0.39 is 0 Å². The second kappa shape index (κ2) is 5.12. The molecule has 1 heterocycles. The first-order valence-electron chi connectivity index (χ1n) is 7.67. The Morgan fingerprint density at radius 3 is 2.77 bits per heavy atom. The third-order valence-electron chi connectivity index (χ3n) is 3.99. The van der Waals surface area contributed by atoms with E-state index in [1.165, 1.54) is 0 Å². The van der Waals surface area contributed by atoms with Crippen LogP contribution in [0.5, 0.6) is 0 Å². The normalized spacial score (nSPS) is 17.5. The fraction of sp³-hybridized carbons (Fsp3) is 0.438. The topological polar surface area (TPSA) is 84.2 Å². The van der Waals surface area contributed by atoms with Crippen molar-refractivity contribution in [1.82, 2.24) is 10.3 Å². The number of hydrogen-bond acceptors (Lipinski definition) is 4. The van der Waals surface area contributed by atoms with Gasteiger partial charge in [-0.3, -0.25) is 9.59 Å². The molecule has 6 heteroatoms. The molecule has 4 rings (SSSR count). The van der Waals surface area contributed by atoms with Crippen LogP contribution in [0.4, 0.5) is 5.69 Å². The second-order valence-corrected chi connectivity index (χ2v) is 6.05. The van der Waals surface area contributed by atoms with Crippen molar-refractivity contribution in [3.8, 4) is 0 Å². The van der Waals surface area contributed by atoms with Gasteiger partial charge in [-0.05, 0) is 43.9 Å². The molecule has 2 aliphatic rings. The van der Waals surface area contributed by atoms with Crippen molar-refractivity contribution in [2.24, 2.45) is 5.92 Å². The Morgan fingerprint density at radius 1 is 1.23 bits per heavy atom. The number of nitrogens with zero attached hydrogens (tertiary/aromatic N) is 1. The zero-order valence-electron chi connectivity index (χ0n) is 12.1. The van der Waals surface area contributed by atoms with Gasteiger partial charge in [-0.1, -0.05) is 0 Å². The van der Waals surface area contributed by atoms with E-state index in [9.17, 15) is 9.59 Å². The maximum Gasteiger partial charge on any atom is 0.243 e. The average molecular weight is 299 g/mol. The molecule has 0 saturated heterocycles. The molecule has 2 saturated carbocycles. The first-order valence-corrected chi connectivity index (χ1v) is 7.67. The quantitative estimate of drug-likeness (QED) is 0.886. The fourth-order valence-corrected chi connectivity index (χ4v) is 2.39. The van der Waals surface area contributed by atoms with Crippen molar-refractivity contribution in [3.63, 3.8) is 0 Å². The fourth-order valence-electron chi connectivity index (χ4n) is 2.39. The SMILES string of the molecule is O=C(CNC(=O)C1CC1)Nc1ccc2oc(C3CC3)nc2c1. The lowest BCUT2D eigenvalue weighted by atomic mass is 10.3. The van der Waals surface area contributed by atoms with Gasteiger partial charge in [0.15, 0.2) is 11.5 Å². The number of rotatable bonds is 5. The summed E-state index contributed by atoms with van der Waals surface area (Å²) in [7, 11) is 0. The molecular formula is C16H17N3O3. The first-order chi connectivity index (χ1) is 10.7. The lowest BCUT2D eigenvalue weighted by Crippen LogP contribution is -2.33. The van der Waals surface area contributed by atoms with Crippen molar-refractivity contribution in [2.75, 3.05) is 11.9 Å². The number of carbonyl (C=O) groups excluding carboxylic acids is 2. The minimum absolute atomic E-state index is 0.000486. The van der Waals surface area contributed by atoms with Gasteiger partial charge in [0.1, 0.15) is 5.52 Å². The van der Waals surface area contributed by atoms with Crippen molar-refractivity contribution in [3.05, 3.63) is 24.1 Å². The molecule has 0 atom stereocenters. The maximum absolute atomic E-state index is 11.8.